The molecule has 0 aliphatic carbocycles. The van der Waals surface area contributed by atoms with Gasteiger partial charge in [0.25, 0.3) is 0 Å². The fourth-order valence-electron chi connectivity index (χ4n) is 2.68. The minimum absolute atomic E-state index is 0.0986. The Labute approximate surface area is 141 Å². The SMILES string of the molecule is Cc1cc(C(C)(C)C)ccc1-c1cc(O)c2c(Cl)nccc2n1. The average Bonchev–Trinajstić information content (AvgIpc) is 2.45. The van der Waals surface area contributed by atoms with Crippen molar-refractivity contribution in [2.24, 2.45) is 0 Å². The quantitative estimate of drug-likeness (QED) is 0.620. The number of aryl methyl sites for hydroxylation is 1. The van der Waals surface area contributed by atoms with Crippen molar-refractivity contribution in [2.75, 3.05) is 0 Å². The molecule has 1 N–H and O–H groups in total. The monoisotopic (exact) mass is 326 g/mol. The highest BCUT2D eigenvalue weighted by molar-refractivity contribution is 6.34. The van der Waals surface area contributed by atoms with Gasteiger partial charge in [-0.3, -0.25) is 0 Å². The summed E-state index contributed by atoms with van der Waals surface area (Å²) in [6.07, 6.45) is 1.59. The van der Waals surface area contributed by atoms with Crippen molar-refractivity contribution in [1.29, 1.82) is 0 Å². The van der Waals surface area contributed by atoms with Crippen molar-refractivity contribution in [3.05, 3.63) is 52.8 Å². The van der Waals surface area contributed by atoms with Gasteiger partial charge in [-0.1, -0.05) is 50.6 Å². The molecule has 0 fully saturated rings. The molecular formula is C19H19ClN2O. The van der Waals surface area contributed by atoms with Crippen LogP contribution in [0.3, 0.4) is 0 Å². The van der Waals surface area contributed by atoms with E-state index in [2.05, 4.69) is 55.9 Å². The number of rotatable bonds is 1. The second-order valence-corrected chi connectivity index (χ2v) is 7.16. The van der Waals surface area contributed by atoms with E-state index < -0.39 is 0 Å². The van der Waals surface area contributed by atoms with Gasteiger partial charge in [0.1, 0.15) is 10.9 Å². The van der Waals surface area contributed by atoms with Gasteiger partial charge in [-0.25, -0.2) is 9.97 Å². The van der Waals surface area contributed by atoms with Gasteiger partial charge < -0.3 is 5.11 Å². The number of hydrogen-bond donors (Lipinski definition) is 1. The van der Waals surface area contributed by atoms with Crippen LogP contribution >= 0.6 is 11.6 Å². The number of nitrogens with zero attached hydrogens (tertiary/aromatic N) is 2. The Bertz CT molecular complexity index is 898. The normalized spacial score (nSPS) is 11.9. The largest absolute Gasteiger partial charge is 0.507 e. The summed E-state index contributed by atoms with van der Waals surface area (Å²) in [4.78, 5) is 8.63. The molecule has 0 saturated carbocycles. The molecule has 0 saturated heterocycles. The predicted molar refractivity (Wildman–Crippen MR) is 95.1 cm³/mol. The third-order valence-corrected chi connectivity index (χ3v) is 4.31. The Morgan fingerprint density at radius 1 is 1.09 bits per heavy atom. The molecule has 0 atom stereocenters. The second kappa shape index (κ2) is 5.50. The van der Waals surface area contributed by atoms with E-state index in [1.807, 2.05) is 0 Å². The third-order valence-electron chi connectivity index (χ3n) is 4.02. The highest BCUT2D eigenvalue weighted by Gasteiger charge is 2.16. The first-order valence-electron chi connectivity index (χ1n) is 7.53. The van der Waals surface area contributed by atoms with Crippen molar-refractivity contribution in [2.45, 2.75) is 33.1 Å². The standard InChI is InChI=1S/C19H19ClN2O/c1-11-9-12(19(2,3)4)5-6-13(11)15-10-16(23)17-14(22-15)7-8-21-18(17)20/h5-10H,1-4H3,(H,22,23). The van der Waals surface area contributed by atoms with Crippen LogP contribution in [0, 0.1) is 6.92 Å². The summed E-state index contributed by atoms with van der Waals surface area (Å²) in [7, 11) is 0. The lowest BCUT2D eigenvalue weighted by Gasteiger charge is -2.20. The van der Waals surface area contributed by atoms with Gasteiger partial charge >= 0.3 is 0 Å². The van der Waals surface area contributed by atoms with Gasteiger partial charge in [0.15, 0.2) is 0 Å². The van der Waals surface area contributed by atoms with E-state index in [0.29, 0.717) is 10.9 Å². The van der Waals surface area contributed by atoms with E-state index >= 15 is 0 Å². The van der Waals surface area contributed by atoms with Gasteiger partial charge in [0.2, 0.25) is 0 Å². The maximum absolute atomic E-state index is 10.3. The van der Waals surface area contributed by atoms with Crippen LogP contribution in [0.5, 0.6) is 5.75 Å². The number of hydrogen-bond acceptors (Lipinski definition) is 3. The Kier molecular flexibility index (Phi) is 3.77. The van der Waals surface area contributed by atoms with Crippen molar-refractivity contribution >= 4 is 22.5 Å². The molecule has 0 radical (unpaired) electrons. The van der Waals surface area contributed by atoms with Gasteiger partial charge in [-0.05, 0) is 29.5 Å². The molecule has 118 valence electrons. The van der Waals surface area contributed by atoms with E-state index in [1.54, 1.807) is 18.3 Å². The Hall–Kier alpha value is -2.13. The fourth-order valence-corrected chi connectivity index (χ4v) is 2.93. The lowest BCUT2D eigenvalue weighted by Crippen LogP contribution is -2.11. The van der Waals surface area contributed by atoms with Gasteiger partial charge in [-0.15, -0.1) is 0 Å². The van der Waals surface area contributed by atoms with Gasteiger partial charge in [-0.2, -0.15) is 0 Å². The van der Waals surface area contributed by atoms with E-state index in [4.69, 9.17) is 11.6 Å². The molecule has 3 rings (SSSR count). The summed E-state index contributed by atoms with van der Waals surface area (Å²) in [5.74, 6) is 0.0994. The highest BCUT2D eigenvalue weighted by Crippen LogP contribution is 2.34. The maximum atomic E-state index is 10.3. The zero-order chi connectivity index (χ0) is 16.8. The highest BCUT2D eigenvalue weighted by atomic mass is 35.5. The fraction of sp³-hybridized carbons (Fsp3) is 0.263. The molecule has 0 bridgehead atoms. The smallest absolute Gasteiger partial charge is 0.142 e. The van der Waals surface area contributed by atoms with Crippen molar-refractivity contribution < 1.29 is 5.11 Å². The summed E-state index contributed by atoms with van der Waals surface area (Å²) >= 11 is 6.05. The average molecular weight is 327 g/mol. The summed E-state index contributed by atoms with van der Waals surface area (Å²) in [5.41, 5.74) is 4.87. The van der Waals surface area contributed by atoms with E-state index in [9.17, 15) is 5.11 Å². The summed E-state index contributed by atoms with van der Waals surface area (Å²) in [5, 5.41) is 11.1. The molecule has 0 aliphatic heterocycles. The van der Waals surface area contributed by atoms with Gasteiger partial charge in [0, 0.05) is 17.8 Å². The number of halogens is 1. The Balaban J connectivity index is 2.18. The van der Waals surface area contributed by atoms with E-state index in [1.165, 1.54) is 5.56 Å². The minimum atomic E-state index is 0.0986. The molecule has 0 aliphatic rings. The summed E-state index contributed by atoms with van der Waals surface area (Å²) in [6, 6.07) is 9.76. The van der Waals surface area contributed by atoms with E-state index in [0.717, 1.165) is 16.8 Å². The zero-order valence-corrected chi connectivity index (χ0v) is 14.4. The predicted octanol–water partition coefficient (Wildman–Crippen LogP) is 5.26. The maximum Gasteiger partial charge on any atom is 0.142 e. The topological polar surface area (TPSA) is 46.0 Å². The Morgan fingerprint density at radius 2 is 1.83 bits per heavy atom. The van der Waals surface area contributed by atoms with Crippen LogP contribution in [0.2, 0.25) is 5.15 Å². The number of benzene rings is 1. The van der Waals surface area contributed by atoms with E-state index in [-0.39, 0.29) is 16.3 Å². The lowest BCUT2D eigenvalue weighted by atomic mass is 9.85. The summed E-state index contributed by atoms with van der Waals surface area (Å²) in [6.45, 7) is 8.64. The van der Waals surface area contributed by atoms with Crippen molar-refractivity contribution in [3.8, 4) is 17.0 Å². The summed E-state index contributed by atoms with van der Waals surface area (Å²) < 4.78 is 0. The number of aromatic nitrogens is 2. The van der Waals surface area contributed by atoms with Gasteiger partial charge in [0.05, 0.1) is 16.6 Å². The third kappa shape index (κ3) is 2.89. The minimum Gasteiger partial charge on any atom is -0.507 e. The van der Waals surface area contributed by atoms with Crippen LogP contribution < -0.4 is 0 Å². The van der Waals surface area contributed by atoms with Crippen LogP contribution in [0.1, 0.15) is 31.9 Å². The molecule has 0 unspecified atom stereocenters. The molecule has 23 heavy (non-hydrogen) atoms. The molecule has 3 aromatic rings. The van der Waals surface area contributed by atoms with Crippen LogP contribution in [-0.4, -0.2) is 15.1 Å². The van der Waals surface area contributed by atoms with Crippen LogP contribution in [0.4, 0.5) is 0 Å². The molecule has 0 spiro atoms. The lowest BCUT2D eigenvalue weighted by molar-refractivity contribution is 0.481. The molecule has 4 heteroatoms. The second-order valence-electron chi connectivity index (χ2n) is 6.80. The first kappa shape index (κ1) is 15.8. The number of aromatic hydroxyl groups is 1. The molecule has 2 heterocycles. The molecule has 0 amide bonds. The van der Waals surface area contributed by atoms with Crippen molar-refractivity contribution in [3.63, 3.8) is 0 Å². The van der Waals surface area contributed by atoms with Crippen LogP contribution in [0.25, 0.3) is 22.2 Å². The molecule has 2 aromatic heterocycles. The number of fused-ring (bicyclic) bond motifs is 1. The zero-order valence-electron chi connectivity index (χ0n) is 13.7. The van der Waals surface area contributed by atoms with Crippen molar-refractivity contribution in [1.82, 2.24) is 9.97 Å². The first-order chi connectivity index (χ1) is 10.8. The Morgan fingerprint density at radius 3 is 2.48 bits per heavy atom. The number of pyridine rings is 2. The first-order valence-corrected chi connectivity index (χ1v) is 7.91. The molecular weight excluding hydrogens is 308 g/mol. The molecule has 3 nitrogen and oxygen atoms in total. The van der Waals surface area contributed by atoms with Crippen LogP contribution in [0.15, 0.2) is 36.5 Å². The molecule has 1 aromatic carbocycles. The van der Waals surface area contributed by atoms with Crippen LogP contribution in [-0.2, 0) is 5.41 Å².